The molecular formula is C27H25ClN4O4S2. The molecule has 0 unspecified atom stereocenters. The summed E-state index contributed by atoms with van der Waals surface area (Å²) in [6, 6.07) is 11.8. The van der Waals surface area contributed by atoms with Gasteiger partial charge in [-0.05, 0) is 86.2 Å². The standard InChI is InChI=1S/C27H25ClN4O4S2/c1-2-36-21-13-16(7-12-20(21)33)14-29-31-23(34)15-37-27-30-25-24(19-5-3-4-6-22(19)38-25)26(35)32(27)18-10-8-17(28)9-11-18/h7-14,33H,2-6,15H2,1H3,(H,31,34). The second-order valence-electron chi connectivity index (χ2n) is 8.64. The number of aromatic hydroxyl groups is 1. The Bertz CT molecular complexity index is 1580. The first-order valence-corrected chi connectivity index (χ1v) is 14.4. The molecule has 0 atom stereocenters. The predicted molar refractivity (Wildman–Crippen MR) is 153 cm³/mol. The highest BCUT2D eigenvalue weighted by atomic mass is 35.5. The third kappa shape index (κ3) is 5.57. The van der Waals surface area contributed by atoms with Crippen molar-refractivity contribution in [3.63, 3.8) is 0 Å². The number of carbonyl (C=O) groups excluding carboxylic acids is 1. The van der Waals surface area contributed by atoms with Crippen molar-refractivity contribution in [2.24, 2.45) is 5.10 Å². The average molecular weight is 569 g/mol. The van der Waals surface area contributed by atoms with Gasteiger partial charge in [-0.2, -0.15) is 5.10 Å². The minimum Gasteiger partial charge on any atom is -0.504 e. The fourth-order valence-electron chi connectivity index (χ4n) is 4.32. The van der Waals surface area contributed by atoms with Gasteiger partial charge in [0.25, 0.3) is 11.5 Å². The Kier molecular flexibility index (Phi) is 8.01. The third-order valence-corrected chi connectivity index (χ3v) is 8.44. The SMILES string of the molecule is CCOc1cc(C=NNC(=O)CSc2nc3sc4c(c3c(=O)n2-c2ccc(Cl)cc2)CCCC4)ccc1O. The fraction of sp³-hybridized carbons (Fsp3) is 0.259. The van der Waals surface area contributed by atoms with Gasteiger partial charge in [0.05, 0.1) is 29.6 Å². The molecule has 4 aromatic rings. The van der Waals surface area contributed by atoms with Crippen LogP contribution >= 0.6 is 34.7 Å². The summed E-state index contributed by atoms with van der Waals surface area (Å²) in [6.45, 7) is 2.24. The highest BCUT2D eigenvalue weighted by molar-refractivity contribution is 7.99. The fourth-order valence-corrected chi connectivity index (χ4v) is 6.56. The smallest absolute Gasteiger partial charge is 0.267 e. The van der Waals surface area contributed by atoms with Crippen LogP contribution < -0.4 is 15.7 Å². The van der Waals surface area contributed by atoms with Gasteiger partial charge in [0, 0.05) is 9.90 Å². The van der Waals surface area contributed by atoms with Crippen molar-refractivity contribution in [3.05, 3.63) is 73.8 Å². The van der Waals surface area contributed by atoms with Crippen molar-refractivity contribution in [3.8, 4) is 17.2 Å². The lowest BCUT2D eigenvalue weighted by molar-refractivity contribution is -0.118. The molecule has 11 heteroatoms. The van der Waals surface area contributed by atoms with Crippen LogP contribution in [-0.4, -0.2) is 39.1 Å². The lowest BCUT2D eigenvalue weighted by Gasteiger charge is -2.13. The van der Waals surface area contributed by atoms with E-state index in [1.54, 1.807) is 52.3 Å². The molecule has 0 aliphatic heterocycles. The quantitative estimate of drug-likeness (QED) is 0.129. The van der Waals surface area contributed by atoms with E-state index in [-0.39, 0.29) is 23.0 Å². The molecule has 2 aromatic heterocycles. The molecular weight excluding hydrogens is 544 g/mol. The van der Waals surface area contributed by atoms with E-state index in [1.165, 1.54) is 28.9 Å². The van der Waals surface area contributed by atoms with E-state index in [4.69, 9.17) is 21.3 Å². The van der Waals surface area contributed by atoms with Gasteiger partial charge in [-0.25, -0.2) is 10.4 Å². The Morgan fingerprint density at radius 3 is 2.84 bits per heavy atom. The highest BCUT2D eigenvalue weighted by Crippen LogP contribution is 2.35. The largest absolute Gasteiger partial charge is 0.504 e. The monoisotopic (exact) mass is 568 g/mol. The summed E-state index contributed by atoms with van der Waals surface area (Å²) >= 11 is 8.83. The van der Waals surface area contributed by atoms with Gasteiger partial charge in [-0.3, -0.25) is 14.2 Å². The average Bonchev–Trinajstić information content (AvgIpc) is 3.29. The number of hydrogen-bond acceptors (Lipinski definition) is 8. The van der Waals surface area contributed by atoms with Crippen LogP contribution in [0.5, 0.6) is 11.5 Å². The van der Waals surface area contributed by atoms with Crippen molar-refractivity contribution < 1.29 is 14.6 Å². The predicted octanol–water partition coefficient (Wildman–Crippen LogP) is 5.33. The van der Waals surface area contributed by atoms with E-state index in [0.717, 1.165) is 31.2 Å². The molecule has 2 heterocycles. The maximum atomic E-state index is 13.8. The van der Waals surface area contributed by atoms with Gasteiger partial charge in [-0.1, -0.05) is 23.4 Å². The summed E-state index contributed by atoms with van der Waals surface area (Å²) in [5.41, 5.74) is 4.78. The highest BCUT2D eigenvalue weighted by Gasteiger charge is 2.23. The Balaban J connectivity index is 1.38. The van der Waals surface area contributed by atoms with E-state index in [0.29, 0.717) is 44.0 Å². The van der Waals surface area contributed by atoms with Gasteiger partial charge < -0.3 is 9.84 Å². The van der Waals surface area contributed by atoms with Crippen LogP contribution in [0.4, 0.5) is 0 Å². The molecule has 2 aromatic carbocycles. The molecule has 1 amide bonds. The van der Waals surface area contributed by atoms with Crippen LogP contribution in [-0.2, 0) is 17.6 Å². The van der Waals surface area contributed by atoms with Crippen molar-refractivity contribution in [2.75, 3.05) is 12.4 Å². The number of hydrazone groups is 1. The molecule has 1 aliphatic carbocycles. The second kappa shape index (κ2) is 11.6. The summed E-state index contributed by atoms with van der Waals surface area (Å²) in [5, 5.41) is 15.5. The number of phenolic OH excluding ortho intramolecular Hbond substituents is 1. The van der Waals surface area contributed by atoms with Gasteiger partial charge in [0.2, 0.25) is 0 Å². The summed E-state index contributed by atoms with van der Waals surface area (Å²) in [5.74, 6) is 0.0354. The number of nitrogens with zero attached hydrogens (tertiary/aromatic N) is 3. The zero-order chi connectivity index (χ0) is 26.6. The molecule has 0 fully saturated rings. The number of phenols is 1. The first-order chi connectivity index (χ1) is 18.4. The topological polar surface area (TPSA) is 106 Å². The minimum atomic E-state index is -0.350. The van der Waals surface area contributed by atoms with Gasteiger partial charge in [0.1, 0.15) is 4.83 Å². The summed E-state index contributed by atoms with van der Waals surface area (Å²) < 4.78 is 6.93. The van der Waals surface area contributed by atoms with Crippen LogP contribution in [0.1, 0.15) is 35.8 Å². The molecule has 196 valence electrons. The second-order valence-corrected chi connectivity index (χ2v) is 11.1. The maximum absolute atomic E-state index is 13.8. The third-order valence-electron chi connectivity index (χ3n) is 6.06. The van der Waals surface area contributed by atoms with E-state index < -0.39 is 0 Å². The number of carbonyl (C=O) groups is 1. The maximum Gasteiger partial charge on any atom is 0.267 e. The number of hydrogen-bond donors (Lipinski definition) is 2. The number of fused-ring (bicyclic) bond motifs is 3. The zero-order valence-electron chi connectivity index (χ0n) is 20.6. The summed E-state index contributed by atoms with van der Waals surface area (Å²) in [4.78, 5) is 33.1. The molecule has 2 N–H and O–H groups in total. The number of aromatic nitrogens is 2. The first-order valence-electron chi connectivity index (χ1n) is 12.2. The summed E-state index contributed by atoms with van der Waals surface area (Å²) in [6.07, 6.45) is 5.49. The van der Waals surface area contributed by atoms with Crippen molar-refractivity contribution >= 4 is 57.0 Å². The van der Waals surface area contributed by atoms with Gasteiger partial charge in [0.15, 0.2) is 16.7 Å². The van der Waals surface area contributed by atoms with E-state index >= 15 is 0 Å². The Labute approximate surface area is 232 Å². The number of thiophene rings is 1. The molecule has 0 radical (unpaired) electrons. The summed E-state index contributed by atoms with van der Waals surface area (Å²) in [7, 11) is 0. The number of halogens is 1. The molecule has 8 nitrogen and oxygen atoms in total. The minimum absolute atomic E-state index is 0.00768. The molecule has 0 saturated carbocycles. The number of aryl methyl sites for hydroxylation is 2. The number of nitrogens with one attached hydrogen (secondary N) is 1. The Morgan fingerprint density at radius 2 is 2.05 bits per heavy atom. The molecule has 38 heavy (non-hydrogen) atoms. The van der Waals surface area contributed by atoms with E-state index in [2.05, 4.69) is 10.5 Å². The number of rotatable bonds is 8. The van der Waals surface area contributed by atoms with Crippen molar-refractivity contribution in [1.82, 2.24) is 15.0 Å². The van der Waals surface area contributed by atoms with Crippen LogP contribution in [0, 0.1) is 0 Å². The lowest BCUT2D eigenvalue weighted by Crippen LogP contribution is -2.24. The Morgan fingerprint density at radius 1 is 1.26 bits per heavy atom. The molecule has 0 spiro atoms. The Hall–Kier alpha value is -3.34. The van der Waals surface area contributed by atoms with Crippen LogP contribution in [0.2, 0.25) is 5.02 Å². The molecule has 0 bridgehead atoms. The van der Waals surface area contributed by atoms with Gasteiger partial charge in [-0.15, -0.1) is 11.3 Å². The van der Waals surface area contributed by atoms with Crippen molar-refractivity contribution in [1.29, 1.82) is 0 Å². The van der Waals surface area contributed by atoms with E-state index in [1.807, 2.05) is 6.92 Å². The normalized spacial score (nSPS) is 13.1. The molecule has 5 rings (SSSR count). The van der Waals surface area contributed by atoms with Crippen molar-refractivity contribution in [2.45, 2.75) is 37.8 Å². The first kappa shape index (κ1) is 26.3. The lowest BCUT2D eigenvalue weighted by atomic mass is 9.97. The van der Waals surface area contributed by atoms with Crippen LogP contribution in [0.3, 0.4) is 0 Å². The van der Waals surface area contributed by atoms with Crippen LogP contribution in [0.25, 0.3) is 15.9 Å². The van der Waals surface area contributed by atoms with Gasteiger partial charge >= 0.3 is 0 Å². The zero-order valence-corrected chi connectivity index (χ0v) is 23.0. The van der Waals surface area contributed by atoms with E-state index in [9.17, 15) is 14.7 Å². The number of amides is 1. The number of ether oxygens (including phenoxy) is 1. The number of benzene rings is 2. The van der Waals surface area contributed by atoms with Crippen LogP contribution in [0.15, 0.2) is 57.5 Å². The number of thioether (sulfide) groups is 1. The molecule has 1 aliphatic rings. The molecule has 0 saturated heterocycles.